The first-order valence-electron chi connectivity index (χ1n) is 7.59. The molecule has 6 nitrogen and oxygen atoms in total. The van der Waals surface area contributed by atoms with E-state index in [0.29, 0.717) is 19.6 Å². The van der Waals surface area contributed by atoms with Gasteiger partial charge in [0.1, 0.15) is 0 Å². The van der Waals surface area contributed by atoms with Crippen molar-refractivity contribution in [2.24, 2.45) is 4.99 Å². The number of hydrogen-bond donors (Lipinski definition) is 1. The van der Waals surface area contributed by atoms with Crippen molar-refractivity contribution >= 4 is 51.7 Å². The molecule has 0 saturated carbocycles. The Bertz CT molecular complexity index is 465. The molecule has 0 radical (unpaired) electrons. The number of allylic oxidation sites excluding steroid dienone is 1. The Morgan fingerprint density at radius 1 is 1.43 bits per heavy atom. The lowest BCUT2D eigenvalue weighted by molar-refractivity contribution is 0.441. The summed E-state index contributed by atoms with van der Waals surface area (Å²) in [5, 5.41) is 3.13. The highest BCUT2D eigenvalue weighted by Gasteiger charge is 2.23. The van der Waals surface area contributed by atoms with E-state index < -0.39 is 10.0 Å². The number of unbranched alkanes of at least 4 members (excludes halogenated alkanes) is 1. The summed E-state index contributed by atoms with van der Waals surface area (Å²) in [5.41, 5.74) is 0. The number of nitrogens with zero attached hydrogens (tertiary/aromatic N) is 3. The molecule has 0 aliphatic carbocycles. The van der Waals surface area contributed by atoms with Gasteiger partial charge in [-0.15, -0.1) is 30.6 Å². The van der Waals surface area contributed by atoms with Crippen LogP contribution in [0.5, 0.6) is 0 Å². The molecule has 0 aromatic carbocycles. The van der Waals surface area contributed by atoms with Crippen LogP contribution in [0.1, 0.15) is 12.8 Å². The molecule has 1 rings (SSSR count). The molecule has 0 unspecified atom stereocenters. The predicted molar refractivity (Wildman–Crippen MR) is 112 cm³/mol. The van der Waals surface area contributed by atoms with Gasteiger partial charge in [0.2, 0.25) is 10.0 Å². The number of thioether (sulfide) groups is 1. The van der Waals surface area contributed by atoms with Gasteiger partial charge in [0, 0.05) is 51.8 Å². The summed E-state index contributed by atoms with van der Waals surface area (Å²) in [7, 11) is 0.501. The number of aliphatic imine (C=N–C) groups is 1. The first kappa shape index (κ1) is 23.0. The molecule has 23 heavy (non-hydrogen) atoms. The molecular weight excluding hydrogens is 447 g/mol. The zero-order chi connectivity index (χ0) is 16.4. The SMILES string of the molecule is C=CCCCN(C)C(=NC)NCCS(=O)(=O)N1CCSCC1.I. The van der Waals surface area contributed by atoms with Gasteiger partial charge >= 0.3 is 0 Å². The first-order valence-corrected chi connectivity index (χ1v) is 10.4. The van der Waals surface area contributed by atoms with Crippen LogP contribution in [0.25, 0.3) is 0 Å². The lowest BCUT2D eigenvalue weighted by atomic mass is 10.3. The molecule has 1 saturated heterocycles. The monoisotopic (exact) mass is 476 g/mol. The van der Waals surface area contributed by atoms with Gasteiger partial charge in [0.05, 0.1) is 5.75 Å². The van der Waals surface area contributed by atoms with Gasteiger partial charge in [-0.1, -0.05) is 6.08 Å². The minimum absolute atomic E-state index is 0. The summed E-state index contributed by atoms with van der Waals surface area (Å²) in [4.78, 5) is 6.20. The molecule has 0 bridgehead atoms. The average Bonchev–Trinajstić information content (AvgIpc) is 2.52. The Labute approximate surface area is 162 Å². The van der Waals surface area contributed by atoms with Crippen molar-refractivity contribution < 1.29 is 8.42 Å². The number of nitrogens with one attached hydrogen (secondary N) is 1. The molecule has 0 atom stereocenters. The molecule has 136 valence electrons. The van der Waals surface area contributed by atoms with E-state index in [4.69, 9.17) is 0 Å². The fourth-order valence-electron chi connectivity index (χ4n) is 2.21. The third-order valence-electron chi connectivity index (χ3n) is 3.48. The molecule has 9 heteroatoms. The van der Waals surface area contributed by atoms with Crippen LogP contribution in [-0.4, -0.2) is 81.1 Å². The first-order chi connectivity index (χ1) is 10.5. The molecule has 1 heterocycles. The summed E-state index contributed by atoms with van der Waals surface area (Å²) < 4.78 is 26.1. The smallest absolute Gasteiger partial charge is 0.215 e. The van der Waals surface area contributed by atoms with Gasteiger partial charge in [-0.05, 0) is 12.8 Å². The van der Waals surface area contributed by atoms with Gasteiger partial charge in [-0.2, -0.15) is 11.8 Å². The van der Waals surface area contributed by atoms with E-state index in [-0.39, 0.29) is 29.7 Å². The minimum Gasteiger partial charge on any atom is -0.355 e. The maximum absolute atomic E-state index is 12.2. The van der Waals surface area contributed by atoms with Crippen molar-refractivity contribution in [3.05, 3.63) is 12.7 Å². The van der Waals surface area contributed by atoms with Crippen LogP contribution >= 0.6 is 35.7 Å². The molecule has 0 aromatic heterocycles. The molecule has 0 amide bonds. The van der Waals surface area contributed by atoms with E-state index in [9.17, 15) is 8.42 Å². The van der Waals surface area contributed by atoms with E-state index in [1.54, 1.807) is 23.1 Å². The van der Waals surface area contributed by atoms with E-state index in [1.165, 1.54) is 0 Å². The number of halogens is 1. The van der Waals surface area contributed by atoms with Crippen LogP contribution in [0.4, 0.5) is 0 Å². The fraction of sp³-hybridized carbons (Fsp3) is 0.786. The predicted octanol–water partition coefficient (Wildman–Crippen LogP) is 1.46. The quantitative estimate of drug-likeness (QED) is 0.189. The second-order valence-electron chi connectivity index (χ2n) is 5.15. The standard InChI is InChI=1S/C14H28N4O2S2.HI/c1-4-5-6-8-17(3)14(15-2)16-7-13-22(19,20)18-9-11-21-12-10-18;/h4H,1,5-13H2,2-3H3,(H,15,16);1H. The Morgan fingerprint density at radius 3 is 2.65 bits per heavy atom. The van der Waals surface area contributed by atoms with Crippen molar-refractivity contribution in [1.29, 1.82) is 0 Å². The third kappa shape index (κ3) is 8.59. The lowest BCUT2D eigenvalue weighted by Gasteiger charge is -2.26. The van der Waals surface area contributed by atoms with Gasteiger partial charge in [-0.25, -0.2) is 12.7 Å². The van der Waals surface area contributed by atoms with Crippen LogP contribution in [0.15, 0.2) is 17.6 Å². The van der Waals surface area contributed by atoms with Crippen molar-refractivity contribution in [1.82, 2.24) is 14.5 Å². The second-order valence-corrected chi connectivity index (χ2v) is 8.47. The van der Waals surface area contributed by atoms with Gasteiger partial charge in [-0.3, -0.25) is 4.99 Å². The number of hydrogen-bond acceptors (Lipinski definition) is 4. The maximum Gasteiger partial charge on any atom is 0.215 e. The Hall–Kier alpha value is -0.000000000000000111. The highest BCUT2D eigenvalue weighted by Crippen LogP contribution is 2.12. The minimum atomic E-state index is -3.16. The fourth-order valence-corrected chi connectivity index (χ4v) is 4.70. The van der Waals surface area contributed by atoms with Crippen LogP contribution in [0, 0.1) is 0 Å². The lowest BCUT2D eigenvalue weighted by Crippen LogP contribution is -2.44. The molecule has 0 aromatic rings. The van der Waals surface area contributed by atoms with Crippen molar-refractivity contribution in [3.63, 3.8) is 0 Å². The van der Waals surface area contributed by atoms with E-state index in [2.05, 4.69) is 16.9 Å². The van der Waals surface area contributed by atoms with Crippen molar-refractivity contribution in [2.75, 3.05) is 57.5 Å². The normalized spacial score (nSPS) is 16.5. The van der Waals surface area contributed by atoms with Crippen LogP contribution in [0.2, 0.25) is 0 Å². The molecule has 1 aliphatic heterocycles. The summed E-state index contributed by atoms with van der Waals surface area (Å²) in [6.07, 6.45) is 3.86. The Morgan fingerprint density at radius 2 is 2.09 bits per heavy atom. The van der Waals surface area contributed by atoms with E-state index in [0.717, 1.165) is 36.9 Å². The highest BCUT2D eigenvalue weighted by atomic mass is 127. The maximum atomic E-state index is 12.2. The summed E-state index contributed by atoms with van der Waals surface area (Å²) in [6, 6.07) is 0. The number of sulfonamides is 1. The Balaban J connectivity index is 0.00000484. The topological polar surface area (TPSA) is 65.0 Å². The zero-order valence-corrected chi connectivity index (χ0v) is 18.0. The average molecular weight is 476 g/mol. The Kier molecular flexibility index (Phi) is 12.4. The highest BCUT2D eigenvalue weighted by molar-refractivity contribution is 14.0. The molecule has 1 fully saturated rings. The molecular formula is C14H29IN4O2S2. The van der Waals surface area contributed by atoms with Gasteiger partial charge < -0.3 is 10.2 Å². The zero-order valence-electron chi connectivity index (χ0n) is 14.0. The second kappa shape index (κ2) is 12.4. The molecule has 1 aliphatic rings. The third-order valence-corrected chi connectivity index (χ3v) is 6.30. The van der Waals surface area contributed by atoms with Gasteiger partial charge in [0.25, 0.3) is 0 Å². The molecule has 1 N–H and O–H groups in total. The largest absolute Gasteiger partial charge is 0.355 e. The summed E-state index contributed by atoms with van der Waals surface area (Å²) >= 11 is 1.81. The van der Waals surface area contributed by atoms with Crippen LogP contribution in [-0.2, 0) is 10.0 Å². The van der Waals surface area contributed by atoms with Crippen molar-refractivity contribution in [3.8, 4) is 0 Å². The van der Waals surface area contributed by atoms with Crippen molar-refractivity contribution in [2.45, 2.75) is 12.8 Å². The molecule has 0 spiro atoms. The van der Waals surface area contributed by atoms with Gasteiger partial charge in [0.15, 0.2) is 5.96 Å². The van der Waals surface area contributed by atoms with E-state index in [1.807, 2.05) is 18.0 Å². The van der Waals surface area contributed by atoms with Crippen LogP contribution in [0.3, 0.4) is 0 Å². The summed E-state index contributed by atoms with van der Waals surface area (Å²) in [6.45, 7) is 6.20. The number of rotatable bonds is 8. The summed E-state index contributed by atoms with van der Waals surface area (Å²) in [5.74, 6) is 2.62. The number of guanidine groups is 1. The van der Waals surface area contributed by atoms with Crippen LogP contribution < -0.4 is 5.32 Å². The van der Waals surface area contributed by atoms with E-state index >= 15 is 0 Å².